The van der Waals surface area contributed by atoms with Crippen molar-refractivity contribution in [3.05, 3.63) is 125 Å². The highest BCUT2D eigenvalue weighted by molar-refractivity contribution is 5.89. The van der Waals surface area contributed by atoms with E-state index in [0.717, 1.165) is 39.8 Å². The largest absolute Gasteiger partial charge is 0.506 e. The first kappa shape index (κ1) is 22.7. The average molecular weight is 466 g/mol. The minimum absolute atomic E-state index is 0.0795. The van der Waals surface area contributed by atoms with Gasteiger partial charge in [-0.15, -0.1) is 0 Å². The molecule has 0 saturated heterocycles. The van der Waals surface area contributed by atoms with E-state index in [1.807, 2.05) is 72.8 Å². The van der Waals surface area contributed by atoms with Crippen LogP contribution < -0.4 is 5.32 Å². The Balaban J connectivity index is 1.49. The monoisotopic (exact) mass is 465 g/mol. The van der Waals surface area contributed by atoms with Crippen LogP contribution in [0.2, 0.25) is 0 Å². The number of nitrogens with one attached hydrogen (secondary N) is 1. The molecular weight excluding hydrogens is 438 g/mol. The Kier molecular flexibility index (Phi) is 6.49. The van der Waals surface area contributed by atoms with Gasteiger partial charge in [-0.05, 0) is 46.8 Å². The van der Waals surface area contributed by atoms with Gasteiger partial charge >= 0.3 is 6.16 Å². The zero-order valence-corrected chi connectivity index (χ0v) is 19.3. The van der Waals surface area contributed by atoms with E-state index >= 15 is 0 Å². The quantitative estimate of drug-likeness (QED) is 0.358. The lowest BCUT2D eigenvalue weighted by Crippen LogP contribution is -2.36. The maximum atomic E-state index is 13.4. The van der Waals surface area contributed by atoms with E-state index in [0.29, 0.717) is 13.0 Å². The molecule has 1 saturated carbocycles. The van der Waals surface area contributed by atoms with E-state index in [1.165, 1.54) is 0 Å². The second-order valence-electron chi connectivity index (χ2n) is 8.93. The molecule has 2 aliphatic carbocycles. The fraction of sp³-hybridized carbons (Fsp3) is 0.200. The summed E-state index contributed by atoms with van der Waals surface area (Å²) in [6.45, 7) is 0.521. The summed E-state index contributed by atoms with van der Waals surface area (Å²) < 4.78 is 5.28. The second-order valence-corrected chi connectivity index (χ2v) is 8.93. The molecule has 3 aromatic rings. The van der Waals surface area contributed by atoms with Gasteiger partial charge in [-0.3, -0.25) is 4.79 Å². The van der Waals surface area contributed by atoms with Gasteiger partial charge in [0.25, 0.3) is 0 Å². The number of benzene rings is 3. The average Bonchev–Trinajstić information content (AvgIpc) is 3.41. The Bertz CT molecular complexity index is 1220. The van der Waals surface area contributed by atoms with Gasteiger partial charge in [0.2, 0.25) is 5.91 Å². The van der Waals surface area contributed by atoms with Gasteiger partial charge in [-0.25, -0.2) is 4.79 Å². The summed E-state index contributed by atoms with van der Waals surface area (Å²) in [5, 5.41) is 12.5. The van der Waals surface area contributed by atoms with Crippen LogP contribution in [-0.4, -0.2) is 29.8 Å². The highest BCUT2D eigenvalue weighted by atomic mass is 16.7. The van der Waals surface area contributed by atoms with Crippen molar-refractivity contribution in [3.63, 3.8) is 0 Å². The number of hydrogen-bond acceptors (Lipinski definition) is 3. The first-order valence-corrected chi connectivity index (χ1v) is 11.9. The highest BCUT2D eigenvalue weighted by Gasteiger charge is 2.51. The summed E-state index contributed by atoms with van der Waals surface area (Å²) in [5.41, 5.74) is 6.26. The Morgan fingerprint density at radius 2 is 1.43 bits per heavy atom. The van der Waals surface area contributed by atoms with Crippen LogP contribution in [0.4, 0.5) is 4.79 Å². The summed E-state index contributed by atoms with van der Waals surface area (Å²) in [4.78, 5) is 24.9. The van der Waals surface area contributed by atoms with Crippen molar-refractivity contribution in [2.24, 2.45) is 11.8 Å². The van der Waals surface area contributed by atoms with Crippen LogP contribution in [0.3, 0.4) is 0 Å². The Labute approximate surface area is 204 Å². The molecule has 2 aliphatic rings. The Morgan fingerprint density at radius 3 is 2.00 bits per heavy atom. The molecule has 5 rings (SSSR count). The molecule has 35 heavy (non-hydrogen) atoms. The molecule has 2 N–H and O–H groups in total. The minimum Gasteiger partial charge on any atom is -0.450 e. The number of carbonyl (C=O) groups excluding carboxylic acids is 1. The third-order valence-electron chi connectivity index (χ3n) is 6.81. The first-order chi connectivity index (χ1) is 17.1. The van der Waals surface area contributed by atoms with Gasteiger partial charge in [0, 0.05) is 12.5 Å². The van der Waals surface area contributed by atoms with Gasteiger partial charge in [-0.1, -0.05) is 96.6 Å². The summed E-state index contributed by atoms with van der Waals surface area (Å²) in [6.07, 6.45) is 1.18. The maximum absolute atomic E-state index is 13.4. The van der Waals surface area contributed by atoms with Crippen LogP contribution in [0.15, 0.2) is 108 Å². The molecule has 1 fully saturated rings. The molecular formula is C30H27NO4. The lowest BCUT2D eigenvalue weighted by atomic mass is 9.83. The fourth-order valence-corrected chi connectivity index (χ4v) is 5.39. The molecule has 1 amide bonds. The van der Waals surface area contributed by atoms with Gasteiger partial charge in [-0.2, -0.15) is 0 Å². The molecule has 2 bridgehead atoms. The topological polar surface area (TPSA) is 75.6 Å². The fourth-order valence-electron chi connectivity index (χ4n) is 5.39. The minimum atomic E-state index is -1.33. The molecule has 0 radical (unpaired) electrons. The normalized spacial score (nSPS) is 20.3. The molecule has 3 unspecified atom stereocenters. The van der Waals surface area contributed by atoms with Crippen LogP contribution >= 0.6 is 0 Å². The van der Waals surface area contributed by atoms with Crippen LogP contribution in [-0.2, 0) is 16.0 Å². The van der Waals surface area contributed by atoms with Crippen molar-refractivity contribution < 1.29 is 19.4 Å². The van der Waals surface area contributed by atoms with Crippen molar-refractivity contribution in [1.82, 2.24) is 5.32 Å². The van der Waals surface area contributed by atoms with E-state index in [1.54, 1.807) is 0 Å². The van der Waals surface area contributed by atoms with Gasteiger partial charge in [0.15, 0.2) is 0 Å². The zero-order valence-electron chi connectivity index (χ0n) is 19.3. The molecule has 0 heterocycles. The summed E-state index contributed by atoms with van der Waals surface area (Å²) in [5.74, 6) is -0.884. The number of rotatable bonds is 7. The van der Waals surface area contributed by atoms with Crippen molar-refractivity contribution in [2.75, 3.05) is 6.54 Å². The predicted octanol–water partition coefficient (Wildman–Crippen LogP) is 5.49. The summed E-state index contributed by atoms with van der Waals surface area (Å²) in [7, 11) is 0. The third kappa shape index (κ3) is 4.76. The van der Waals surface area contributed by atoms with Gasteiger partial charge in [0.05, 0.1) is 5.92 Å². The predicted molar refractivity (Wildman–Crippen MR) is 135 cm³/mol. The second kappa shape index (κ2) is 10.0. The number of ether oxygens (including phenoxy) is 1. The number of fused-ring (bicyclic) bond motifs is 2. The van der Waals surface area contributed by atoms with Crippen LogP contribution in [0.5, 0.6) is 0 Å². The van der Waals surface area contributed by atoms with E-state index in [-0.39, 0.29) is 11.8 Å². The SMILES string of the molecule is O=C(O)OC1C=C2CC(=C(c3ccccc3)c3ccccc3)C1C2C(=O)NCCc1ccccc1. The Hall–Kier alpha value is -4.12. The molecule has 0 aliphatic heterocycles. The Morgan fingerprint density at radius 1 is 0.857 bits per heavy atom. The molecule has 5 heteroatoms. The smallest absolute Gasteiger partial charge is 0.450 e. The molecule has 176 valence electrons. The van der Waals surface area contributed by atoms with Crippen LogP contribution in [0.1, 0.15) is 23.1 Å². The maximum Gasteiger partial charge on any atom is 0.506 e. The third-order valence-corrected chi connectivity index (χ3v) is 6.81. The lowest BCUT2D eigenvalue weighted by Gasteiger charge is -2.25. The molecule has 3 aromatic carbocycles. The number of amides is 1. The van der Waals surface area contributed by atoms with E-state index in [9.17, 15) is 14.7 Å². The van der Waals surface area contributed by atoms with Gasteiger partial charge < -0.3 is 15.2 Å². The van der Waals surface area contributed by atoms with Gasteiger partial charge in [0.1, 0.15) is 6.10 Å². The molecule has 0 aromatic heterocycles. The molecule has 5 nitrogen and oxygen atoms in total. The van der Waals surface area contributed by atoms with Crippen molar-refractivity contribution in [1.29, 1.82) is 0 Å². The summed E-state index contributed by atoms with van der Waals surface area (Å²) in [6, 6.07) is 30.1. The number of carbonyl (C=O) groups is 2. The lowest BCUT2D eigenvalue weighted by molar-refractivity contribution is -0.125. The zero-order chi connectivity index (χ0) is 24.2. The standard InChI is InChI=1S/C30H27NO4/c32-29(31-17-16-20-10-4-1-5-11-20)27-23-18-24(28(27)25(19-23)35-30(33)34)26(21-12-6-2-7-13-21)22-14-8-3-9-15-22/h1-15,19,25,27-28H,16-18H2,(H,31,32)(H,33,34). The van der Waals surface area contributed by atoms with Crippen LogP contribution in [0, 0.1) is 11.8 Å². The van der Waals surface area contributed by atoms with Crippen molar-refractivity contribution in [2.45, 2.75) is 18.9 Å². The van der Waals surface area contributed by atoms with E-state index < -0.39 is 18.2 Å². The van der Waals surface area contributed by atoms with Crippen LogP contribution in [0.25, 0.3) is 5.57 Å². The van der Waals surface area contributed by atoms with E-state index in [4.69, 9.17) is 4.74 Å². The first-order valence-electron chi connectivity index (χ1n) is 11.9. The number of hydrogen-bond donors (Lipinski definition) is 2. The summed E-state index contributed by atoms with van der Waals surface area (Å²) >= 11 is 0. The highest BCUT2D eigenvalue weighted by Crippen LogP contribution is 2.53. The van der Waals surface area contributed by atoms with Crippen molar-refractivity contribution in [3.8, 4) is 0 Å². The van der Waals surface area contributed by atoms with E-state index in [2.05, 4.69) is 29.6 Å². The van der Waals surface area contributed by atoms with Crippen molar-refractivity contribution >= 4 is 17.6 Å². The molecule has 3 atom stereocenters. The molecule has 0 spiro atoms. The number of carboxylic acid groups (broad SMARTS) is 1.